The van der Waals surface area contributed by atoms with Crippen molar-refractivity contribution in [3.05, 3.63) is 26.1 Å². The molecule has 15 heavy (non-hydrogen) atoms. The second-order valence-electron chi connectivity index (χ2n) is 2.65. The van der Waals surface area contributed by atoms with Crippen LogP contribution in [0.3, 0.4) is 0 Å². The highest BCUT2D eigenvalue weighted by Gasteiger charge is 2.12. The van der Waals surface area contributed by atoms with E-state index >= 15 is 0 Å². The first-order valence-corrected chi connectivity index (χ1v) is 5.97. The van der Waals surface area contributed by atoms with Crippen molar-refractivity contribution in [2.45, 2.75) is 6.42 Å². The van der Waals surface area contributed by atoms with Crippen LogP contribution in [0.5, 0.6) is 5.75 Å². The van der Waals surface area contributed by atoms with Crippen LogP contribution in [0.1, 0.15) is 6.42 Å². The third-order valence-electron chi connectivity index (χ3n) is 1.49. The predicted octanol–water partition coefficient (Wildman–Crippen LogP) is 3.15. The molecule has 0 radical (unpaired) electrons. The van der Waals surface area contributed by atoms with Gasteiger partial charge in [0.25, 0.3) is 0 Å². The number of benzene rings is 1. The van der Waals surface area contributed by atoms with Crippen molar-refractivity contribution in [3.8, 4) is 5.75 Å². The van der Waals surface area contributed by atoms with Crippen molar-refractivity contribution in [3.63, 3.8) is 0 Å². The van der Waals surface area contributed by atoms with Gasteiger partial charge < -0.3 is 9.84 Å². The summed E-state index contributed by atoms with van der Waals surface area (Å²) in [5.41, 5.74) is 0. The smallest absolute Gasteiger partial charge is 0.313 e. The first-order valence-electron chi connectivity index (χ1n) is 4.00. The molecular formula is C9H7Br2ClO3. The molecule has 0 aliphatic carbocycles. The summed E-state index contributed by atoms with van der Waals surface area (Å²) in [5.74, 6) is -0.263. The number of esters is 1. The van der Waals surface area contributed by atoms with E-state index in [9.17, 15) is 4.79 Å². The number of rotatable bonds is 3. The summed E-state index contributed by atoms with van der Waals surface area (Å²) in [6.45, 7) is -0.245. The van der Waals surface area contributed by atoms with Gasteiger partial charge in [-0.1, -0.05) is 27.5 Å². The number of halogens is 3. The van der Waals surface area contributed by atoms with Crippen LogP contribution >= 0.6 is 43.5 Å². The summed E-state index contributed by atoms with van der Waals surface area (Å²) >= 11 is 12.4. The molecule has 1 aromatic carbocycles. The number of hydrogen-bond donors (Lipinski definition) is 1. The maximum absolute atomic E-state index is 11.1. The summed E-state index contributed by atoms with van der Waals surface area (Å²) in [7, 11) is 0. The van der Waals surface area contributed by atoms with Gasteiger partial charge >= 0.3 is 5.97 Å². The van der Waals surface area contributed by atoms with Crippen LogP contribution in [-0.4, -0.2) is 17.7 Å². The Morgan fingerprint density at radius 2 is 2.13 bits per heavy atom. The highest BCUT2D eigenvalue weighted by molar-refractivity contribution is 9.11. The fourth-order valence-electron chi connectivity index (χ4n) is 0.883. The first kappa shape index (κ1) is 13.0. The van der Waals surface area contributed by atoms with Crippen LogP contribution in [0.4, 0.5) is 0 Å². The van der Waals surface area contributed by atoms with E-state index in [2.05, 4.69) is 31.9 Å². The average molecular weight is 358 g/mol. The zero-order valence-corrected chi connectivity index (χ0v) is 11.4. The Hall–Kier alpha value is -0.100. The lowest BCUT2D eigenvalue weighted by molar-refractivity contribution is -0.135. The van der Waals surface area contributed by atoms with Gasteiger partial charge in [-0.3, -0.25) is 4.79 Å². The van der Waals surface area contributed by atoms with E-state index in [0.717, 1.165) is 4.47 Å². The quantitative estimate of drug-likeness (QED) is 0.667. The molecule has 0 atom stereocenters. The predicted molar refractivity (Wildman–Crippen MR) is 64.2 cm³/mol. The van der Waals surface area contributed by atoms with Crippen LogP contribution in [0.15, 0.2) is 21.1 Å². The van der Waals surface area contributed by atoms with Crippen LogP contribution in [0.2, 0.25) is 5.02 Å². The van der Waals surface area contributed by atoms with Crippen LogP contribution in [0, 0.1) is 0 Å². The summed E-state index contributed by atoms with van der Waals surface area (Å²) in [4.78, 5) is 11.1. The summed E-state index contributed by atoms with van der Waals surface area (Å²) in [5, 5.41) is 8.87. The summed E-state index contributed by atoms with van der Waals surface area (Å²) < 4.78 is 6.33. The molecule has 3 nitrogen and oxygen atoms in total. The monoisotopic (exact) mass is 356 g/mol. The zero-order chi connectivity index (χ0) is 11.4. The third kappa shape index (κ3) is 3.75. The molecule has 0 unspecified atom stereocenters. The minimum Gasteiger partial charge on any atom is -0.424 e. The van der Waals surface area contributed by atoms with Crippen molar-refractivity contribution in [1.82, 2.24) is 0 Å². The first-order chi connectivity index (χ1) is 7.04. The van der Waals surface area contributed by atoms with Crippen molar-refractivity contribution < 1.29 is 14.6 Å². The Balaban J connectivity index is 2.90. The van der Waals surface area contributed by atoms with E-state index in [1.54, 1.807) is 12.1 Å². The van der Waals surface area contributed by atoms with E-state index in [-0.39, 0.29) is 18.8 Å². The highest BCUT2D eigenvalue weighted by atomic mass is 79.9. The molecule has 0 heterocycles. The molecule has 0 saturated carbocycles. The number of carbonyl (C=O) groups excluding carboxylic acids is 1. The van der Waals surface area contributed by atoms with Crippen LogP contribution in [0.25, 0.3) is 0 Å². The molecule has 0 aromatic heterocycles. The zero-order valence-electron chi connectivity index (χ0n) is 7.47. The van der Waals surface area contributed by atoms with Crippen molar-refractivity contribution in [1.29, 1.82) is 0 Å². The third-order valence-corrected chi connectivity index (χ3v) is 2.82. The molecule has 1 rings (SSSR count). The molecule has 0 bridgehead atoms. The van der Waals surface area contributed by atoms with Gasteiger partial charge in [-0.05, 0) is 28.1 Å². The van der Waals surface area contributed by atoms with Gasteiger partial charge in [0.15, 0.2) is 5.75 Å². The van der Waals surface area contributed by atoms with Gasteiger partial charge in [0.1, 0.15) is 0 Å². The molecule has 0 saturated heterocycles. The average Bonchev–Trinajstić information content (AvgIpc) is 2.11. The molecular weight excluding hydrogens is 351 g/mol. The fourth-order valence-corrected chi connectivity index (χ4v) is 2.69. The lowest BCUT2D eigenvalue weighted by atomic mass is 10.3. The highest BCUT2D eigenvalue weighted by Crippen LogP contribution is 2.36. The molecule has 0 aliphatic rings. The Morgan fingerprint density at radius 3 is 2.67 bits per heavy atom. The van der Waals surface area contributed by atoms with Gasteiger partial charge in [-0.2, -0.15) is 0 Å². The largest absolute Gasteiger partial charge is 0.424 e. The van der Waals surface area contributed by atoms with E-state index < -0.39 is 5.97 Å². The van der Waals surface area contributed by atoms with Crippen LogP contribution < -0.4 is 4.74 Å². The fraction of sp³-hybridized carbons (Fsp3) is 0.222. The number of hydrogen-bond acceptors (Lipinski definition) is 3. The van der Waals surface area contributed by atoms with Gasteiger partial charge in [-0.15, -0.1) is 0 Å². The van der Waals surface area contributed by atoms with Gasteiger partial charge in [0, 0.05) is 4.47 Å². The second kappa shape index (κ2) is 5.84. The van der Waals surface area contributed by atoms with Crippen molar-refractivity contribution in [2.75, 3.05) is 6.61 Å². The van der Waals surface area contributed by atoms with Crippen molar-refractivity contribution in [2.24, 2.45) is 0 Å². The van der Waals surface area contributed by atoms with E-state index in [1.807, 2.05) is 0 Å². The summed E-state index contributed by atoms with van der Waals surface area (Å²) in [6, 6.07) is 3.33. The maximum atomic E-state index is 11.1. The molecule has 0 fully saturated rings. The topological polar surface area (TPSA) is 46.5 Å². The molecule has 6 heteroatoms. The standard InChI is InChI=1S/C9H7Br2ClO3/c10-5-3-6(11)9(7(12)4-5)15-8(14)1-2-13/h3-4,13H,1-2H2. The number of carbonyl (C=O) groups is 1. The number of aliphatic hydroxyl groups is 1. The second-order valence-corrected chi connectivity index (χ2v) is 4.82. The Morgan fingerprint density at radius 1 is 1.47 bits per heavy atom. The SMILES string of the molecule is O=C(CCO)Oc1c(Cl)cc(Br)cc1Br. The molecule has 1 N–H and O–H groups in total. The van der Waals surface area contributed by atoms with E-state index in [4.69, 9.17) is 21.4 Å². The van der Waals surface area contributed by atoms with E-state index in [1.165, 1.54) is 0 Å². The van der Waals surface area contributed by atoms with Gasteiger partial charge in [-0.25, -0.2) is 0 Å². The van der Waals surface area contributed by atoms with E-state index in [0.29, 0.717) is 9.50 Å². The molecule has 1 aromatic rings. The molecule has 82 valence electrons. The normalized spacial score (nSPS) is 10.1. The Bertz CT molecular complexity index is 359. The number of aliphatic hydroxyl groups excluding tert-OH is 1. The summed E-state index contributed by atoms with van der Waals surface area (Å²) in [6.07, 6.45) is -0.0567. The lowest BCUT2D eigenvalue weighted by Gasteiger charge is -2.08. The Labute approximate surface area is 109 Å². The van der Waals surface area contributed by atoms with Crippen molar-refractivity contribution >= 4 is 49.4 Å². The van der Waals surface area contributed by atoms with Gasteiger partial charge in [0.05, 0.1) is 22.5 Å². The minimum absolute atomic E-state index is 0.0567. The Kier molecular flexibility index (Phi) is 5.05. The number of ether oxygens (including phenoxy) is 1. The molecule has 0 aliphatic heterocycles. The maximum Gasteiger partial charge on any atom is 0.313 e. The van der Waals surface area contributed by atoms with Gasteiger partial charge in [0.2, 0.25) is 0 Å². The molecule has 0 amide bonds. The minimum atomic E-state index is -0.526. The molecule has 0 spiro atoms. The lowest BCUT2D eigenvalue weighted by Crippen LogP contribution is -2.10. The van der Waals surface area contributed by atoms with Crippen LogP contribution in [-0.2, 0) is 4.79 Å².